The van der Waals surface area contributed by atoms with E-state index < -0.39 is 0 Å². The number of likely N-dealkylation sites (N-methyl/N-ethyl adjacent to an activating group) is 1. The van der Waals surface area contributed by atoms with Crippen LogP contribution in [-0.4, -0.2) is 44.5 Å². The van der Waals surface area contributed by atoms with E-state index in [0.717, 1.165) is 13.0 Å². The fourth-order valence-electron chi connectivity index (χ4n) is 0.945. The maximum atomic E-state index is 11.4. The van der Waals surface area contributed by atoms with Gasteiger partial charge >= 0.3 is 0 Å². The molecule has 0 aliphatic heterocycles. The number of rotatable bonds is 7. The molecule has 0 spiro atoms. The SMILES string of the molecule is CCCNC(=O)/C(C#N)=C\NCCN(C)C. The van der Waals surface area contributed by atoms with E-state index >= 15 is 0 Å². The van der Waals surface area contributed by atoms with E-state index in [1.54, 1.807) is 0 Å². The number of hydrogen-bond donors (Lipinski definition) is 2. The van der Waals surface area contributed by atoms with Gasteiger partial charge in [0.25, 0.3) is 5.91 Å². The summed E-state index contributed by atoms with van der Waals surface area (Å²) in [7, 11) is 3.93. The van der Waals surface area contributed by atoms with Gasteiger partial charge in [-0.3, -0.25) is 4.79 Å². The Bertz CT molecular complexity index is 278. The van der Waals surface area contributed by atoms with Crippen molar-refractivity contribution in [1.29, 1.82) is 5.26 Å². The molecular weight excluding hydrogens is 204 g/mol. The van der Waals surface area contributed by atoms with Crippen LogP contribution < -0.4 is 10.6 Å². The van der Waals surface area contributed by atoms with Gasteiger partial charge in [0.1, 0.15) is 11.6 Å². The summed E-state index contributed by atoms with van der Waals surface area (Å²) in [5, 5.41) is 14.4. The zero-order valence-electron chi connectivity index (χ0n) is 10.2. The first-order chi connectivity index (χ1) is 7.61. The number of hydrogen-bond acceptors (Lipinski definition) is 4. The standard InChI is InChI=1S/C11H20N4O/c1-4-5-14-11(16)10(8-12)9-13-6-7-15(2)3/h9,13H,4-7H2,1-3H3,(H,14,16)/b10-9-. The van der Waals surface area contributed by atoms with Crippen molar-refractivity contribution in [3.05, 3.63) is 11.8 Å². The van der Waals surface area contributed by atoms with Crippen LogP contribution in [0.15, 0.2) is 11.8 Å². The molecule has 0 aliphatic carbocycles. The Morgan fingerprint density at radius 3 is 2.62 bits per heavy atom. The van der Waals surface area contributed by atoms with Crippen molar-refractivity contribution in [2.75, 3.05) is 33.7 Å². The van der Waals surface area contributed by atoms with Crippen LogP contribution in [0.4, 0.5) is 0 Å². The Morgan fingerprint density at radius 2 is 2.12 bits per heavy atom. The van der Waals surface area contributed by atoms with Crippen LogP contribution in [0.1, 0.15) is 13.3 Å². The zero-order chi connectivity index (χ0) is 12.4. The summed E-state index contributed by atoms with van der Waals surface area (Å²) >= 11 is 0. The molecule has 0 unspecified atom stereocenters. The lowest BCUT2D eigenvalue weighted by atomic mass is 10.3. The average molecular weight is 224 g/mol. The summed E-state index contributed by atoms with van der Waals surface area (Å²) in [6.07, 6.45) is 2.33. The van der Waals surface area contributed by atoms with E-state index in [2.05, 4.69) is 10.6 Å². The van der Waals surface area contributed by atoms with Crippen molar-refractivity contribution < 1.29 is 4.79 Å². The van der Waals surface area contributed by atoms with Gasteiger partial charge in [0, 0.05) is 25.8 Å². The maximum Gasteiger partial charge on any atom is 0.263 e. The molecule has 0 atom stereocenters. The van der Waals surface area contributed by atoms with Crippen LogP contribution in [0, 0.1) is 11.3 Å². The van der Waals surface area contributed by atoms with E-state index in [9.17, 15) is 4.79 Å². The van der Waals surface area contributed by atoms with Gasteiger partial charge in [0.05, 0.1) is 0 Å². The minimum atomic E-state index is -0.318. The molecule has 0 aromatic rings. The number of nitriles is 1. The third-order valence-electron chi connectivity index (χ3n) is 1.85. The molecular formula is C11H20N4O. The van der Waals surface area contributed by atoms with Crippen LogP contribution in [0.2, 0.25) is 0 Å². The predicted molar refractivity (Wildman–Crippen MR) is 63.6 cm³/mol. The van der Waals surface area contributed by atoms with E-state index in [0.29, 0.717) is 13.1 Å². The van der Waals surface area contributed by atoms with Gasteiger partial charge in [0.2, 0.25) is 0 Å². The first-order valence-electron chi connectivity index (χ1n) is 5.38. The second kappa shape index (κ2) is 8.74. The second-order valence-electron chi connectivity index (χ2n) is 3.68. The molecule has 1 amide bonds. The second-order valence-corrected chi connectivity index (χ2v) is 3.68. The summed E-state index contributed by atoms with van der Waals surface area (Å²) in [4.78, 5) is 13.4. The minimum Gasteiger partial charge on any atom is -0.388 e. The molecule has 0 radical (unpaired) electrons. The first kappa shape index (κ1) is 14.5. The molecule has 0 aromatic carbocycles. The number of nitrogens with zero attached hydrogens (tertiary/aromatic N) is 2. The molecule has 0 bridgehead atoms. The first-order valence-corrected chi connectivity index (χ1v) is 5.38. The normalized spacial score (nSPS) is 11.1. The quantitative estimate of drug-likeness (QED) is 0.365. The molecule has 90 valence electrons. The summed E-state index contributed by atoms with van der Waals surface area (Å²) < 4.78 is 0. The smallest absolute Gasteiger partial charge is 0.263 e. The summed E-state index contributed by atoms with van der Waals surface area (Å²) in [6.45, 7) is 4.12. The largest absolute Gasteiger partial charge is 0.388 e. The minimum absolute atomic E-state index is 0.118. The number of amides is 1. The molecule has 0 aromatic heterocycles. The highest BCUT2D eigenvalue weighted by atomic mass is 16.1. The van der Waals surface area contributed by atoms with Gasteiger partial charge in [-0.15, -0.1) is 0 Å². The Hall–Kier alpha value is -1.54. The Morgan fingerprint density at radius 1 is 1.44 bits per heavy atom. The van der Waals surface area contributed by atoms with E-state index in [1.165, 1.54) is 6.20 Å². The highest BCUT2D eigenvalue weighted by Crippen LogP contribution is 1.90. The van der Waals surface area contributed by atoms with Gasteiger partial charge in [-0.2, -0.15) is 5.26 Å². The molecule has 0 saturated carbocycles. The third kappa shape index (κ3) is 6.85. The van der Waals surface area contributed by atoms with Gasteiger partial charge in [-0.05, 0) is 20.5 Å². The molecule has 0 fully saturated rings. The molecule has 5 nitrogen and oxygen atoms in total. The van der Waals surface area contributed by atoms with Crippen molar-refractivity contribution in [3.63, 3.8) is 0 Å². The molecule has 0 saturated heterocycles. The summed E-state index contributed by atoms with van der Waals surface area (Å²) in [6, 6.07) is 1.87. The molecule has 0 rings (SSSR count). The van der Waals surface area contributed by atoms with Crippen LogP contribution in [0.3, 0.4) is 0 Å². The lowest BCUT2D eigenvalue weighted by Crippen LogP contribution is -2.28. The van der Waals surface area contributed by atoms with Crippen LogP contribution in [0.5, 0.6) is 0 Å². The topological polar surface area (TPSA) is 68.2 Å². The molecule has 0 heterocycles. The van der Waals surface area contributed by atoms with Crippen molar-refractivity contribution in [1.82, 2.24) is 15.5 Å². The highest BCUT2D eigenvalue weighted by Gasteiger charge is 2.06. The van der Waals surface area contributed by atoms with E-state index in [-0.39, 0.29) is 11.5 Å². The average Bonchev–Trinajstić information content (AvgIpc) is 2.25. The lowest BCUT2D eigenvalue weighted by Gasteiger charge is -2.09. The van der Waals surface area contributed by atoms with Crippen molar-refractivity contribution in [2.24, 2.45) is 0 Å². The Balaban J connectivity index is 4.02. The van der Waals surface area contributed by atoms with Gasteiger partial charge in [0.15, 0.2) is 0 Å². The van der Waals surface area contributed by atoms with Crippen LogP contribution >= 0.6 is 0 Å². The van der Waals surface area contributed by atoms with Crippen molar-refractivity contribution >= 4 is 5.91 Å². The van der Waals surface area contributed by atoms with Crippen molar-refractivity contribution in [3.8, 4) is 6.07 Å². The van der Waals surface area contributed by atoms with Crippen LogP contribution in [0.25, 0.3) is 0 Å². The maximum absolute atomic E-state index is 11.4. The monoisotopic (exact) mass is 224 g/mol. The number of carbonyl (C=O) groups excluding carboxylic acids is 1. The third-order valence-corrected chi connectivity index (χ3v) is 1.85. The predicted octanol–water partition coefficient (Wildman–Crippen LogP) is 0.0713. The Labute approximate surface area is 97.1 Å². The van der Waals surface area contributed by atoms with Gasteiger partial charge in [-0.25, -0.2) is 0 Å². The fourth-order valence-corrected chi connectivity index (χ4v) is 0.945. The van der Waals surface area contributed by atoms with E-state index in [1.807, 2.05) is 32.0 Å². The van der Waals surface area contributed by atoms with Gasteiger partial charge in [-0.1, -0.05) is 6.92 Å². The number of carbonyl (C=O) groups is 1. The zero-order valence-corrected chi connectivity index (χ0v) is 10.2. The summed E-state index contributed by atoms with van der Waals surface area (Å²) in [5.74, 6) is -0.318. The lowest BCUT2D eigenvalue weighted by molar-refractivity contribution is -0.117. The molecule has 5 heteroatoms. The van der Waals surface area contributed by atoms with E-state index in [4.69, 9.17) is 5.26 Å². The molecule has 0 aliphatic rings. The molecule has 2 N–H and O–H groups in total. The summed E-state index contributed by atoms with van der Waals surface area (Å²) in [5.41, 5.74) is 0.118. The molecule has 16 heavy (non-hydrogen) atoms. The highest BCUT2D eigenvalue weighted by molar-refractivity contribution is 5.97. The number of nitrogens with one attached hydrogen (secondary N) is 2. The van der Waals surface area contributed by atoms with Gasteiger partial charge < -0.3 is 15.5 Å². The Kier molecular flexibility index (Phi) is 7.90. The van der Waals surface area contributed by atoms with Crippen LogP contribution in [-0.2, 0) is 4.79 Å². The van der Waals surface area contributed by atoms with Crippen molar-refractivity contribution in [2.45, 2.75) is 13.3 Å². The fraction of sp³-hybridized carbons (Fsp3) is 0.636.